The van der Waals surface area contributed by atoms with Gasteiger partial charge in [0.2, 0.25) is 0 Å². The van der Waals surface area contributed by atoms with Crippen LogP contribution < -0.4 is 0 Å². The predicted octanol–water partition coefficient (Wildman–Crippen LogP) is 23.2. The van der Waals surface area contributed by atoms with E-state index in [0.717, 1.165) is 103 Å². The molecule has 1 unspecified atom stereocenters. The molecule has 0 bridgehead atoms. The molecule has 0 saturated carbocycles. The molecule has 6 heteroatoms. The molecule has 456 valence electrons. The van der Waals surface area contributed by atoms with Gasteiger partial charge in [0.25, 0.3) is 0 Å². The molecule has 0 radical (unpaired) electrons. The van der Waals surface area contributed by atoms with Crippen LogP contribution in [0.25, 0.3) is 0 Å². The summed E-state index contributed by atoms with van der Waals surface area (Å²) in [4.78, 5) is 38.4. The van der Waals surface area contributed by atoms with Gasteiger partial charge < -0.3 is 14.2 Å². The number of esters is 3. The molecule has 0 spiro atoms. The monoisotopic (exact) mass is 1110 g/mol. The molecule has 1 atom stereocenters. The van der Waals surface area contributed by atoms with Gasteiger partial charge in [0.1, 0.15) is 13.2 Å². The fourth-order valence-electron chi connectivity index (χ4n) is 9.16. The van der Waals surface area contributed by atoms with Crippen molar-refractivity contribution in [3.8, 4) is 0 Å². The summed E-state index contributed by atoms with van der Waals surface area (Å²) in [5, 5.41) is 0. The maximum Gasteiger partial charge on any atom is 0.306 e. The third-order valence-electron chi connectivity index (χ3n) is 14.2. The van der Waals surface area contributed by atoms with Crippen molar-refractivity contribution in [1.82, 2.24) is 0 Å². The first kappa shape index (κ1) is 75.8. The average Bonchev–Trinajstić information content (AvgIpc) is 3.46. The zero-order valence-corrected chi connectivity index (χ0v) is 52.3. The van der Waals surface area contributed by atoms with E-state index in [2.05, 4.69) is 142 Å². The Kier molecular flexibility index (Phi) is 63.8. The van der Waals surface area contributed by atoms with Crippen LogP contribution in [0.4, 0.5) is 0 Å². The minimum Gasteiger partial charge on any atom is -0.462 e. The molecule has 0 rings (SSSR count). The van der Waals surface area contributed by atoms with E-state index in [1.807, 2.05) is 0 Å². The molecule has 0 aromatic carbocycles. The molecular formula is C74H124O6. The Labute approximate surface area is 494 Å². The number of hydrogen-bond donors (Lipinski definition) is 0. The van der Waals surface area contributed by atoms with Crippen molar-refractivity contribution in [2.24, 2.45) is 0 Å². The normalized spacial score (nSPS) is 12.9. The Morgan fingerprint density at radius 3 is 0.825 bits per heavy atom. The molecule has 0 amide bonds. The summed E-state index contributed by atoms with van der Waals surface area (Å²) in [6.07, 6.45) is 93.6. The van der Waals surface area contributed by atoms with Gasteiger partial charge >= 0.3 is 17.9 Å². The third kappa shape index (κ3) is 64.6. The number of allylic oxidation sites excluding steroid dienone is 20. The third-order valence-corrected chi connectivity index (χ3v) is 14.2. The summed E-state index contributed by atoms with van der Waals surface area (Å²) in [6.45, 7) is 6.46. The molecule has 0 saturated heterocycles. The van der Waals surface area contributed by atoms with E-state index < -0.39 is 6.10 Å². The zero-order chi connectivity index (χ0) is 57.8. The smallest absolute Gasteiger partial charge is 0.306 e. The molecule has 0 aromatic heterocycles. The molecule has 0 aromatic rings. The van der Waals surface area contributed by atoms with Crippen LogP contribution in [-0.4, -0.2) is 37.2 Å². The lowest BCUT2D eigenvalue weighted by Crippen LogP contribution is -2.30. The van der Waals surface area contributed by atoms with Gasteiger partial charge in [-0.25, -0.2) is 0 Å². The molecule has 0 aliphatic rings. The van der Waals surface area contributed by atoms with Gasteiger partial charge in [-0.2, -0.15) is 0 Å². The van der Waals surface area contributed by atoms with Gasteiger partial charge in [-0.05, 0) is 128 Å². The lowest BCUT2D eigenvalue weighted by molar-refractivity contribution is -0.167. The molecule has 0 aliphatic heterocycles. The van der Waals surface area contributed by atoms with Gasteiger partial charge in [0.15, 0.2) is 6.10 Å². The number of carbonyl (C=O) groups excluding carboxylic acids is 3. The van der Waals surface area contributed by atoms with E-state index in [4.69, 9.17) is 14.2 Å². The minimum atomic E-state index is -0.811. The lowest BCUT2D eigenvalue weighted by atomic mass is 10.0. The van der Waals surface area contributed by atoms with Gasteiger partial charge in [-0.15, -0.1) is 0 Å². The highest BCUT2D eigenvalue weighted by Crippen LogP contribution is 2.16. The zero-order valence-electron chi connectivity index (χ0n) is 52.3. The van der Waals surface area contributed by atoms with E-state index >= 15 is 0 Å². The van der Waals surface area contributed by atoms with Crippen LogP contribution in [0.15, 0.2) is 122 Å². The first-order chi connectivity index (χ1) is 39.5. The van der Waals surface area contributed by atoms with E-state index in [0.29, 0.717) is 19.3 Å². The van der Waals surface area contributed by atoms with Crippen LogP contribution in [0.3, 0.4) is 0 Å². The Balaban J connectivity index is 4.40. The molecule has 6 nitrogen and oxygen atoms in total. The second-order valence-electron chi connectivity index (χ2n) is 22.0. The topological polar surface area (TPSA) is 78.9 Å². The van der Waals surface area contributed by atoms with Gasteiger partial charge in [-0.3, -0.25) is 14.4 Å². The van der Waals surface area contributed by atoms with Gasteiger partial charge in [-0.1, -0.05) is 284 Å². The fourth-order valence-corrected chi connectivity index (χ4v) is 9.16. The molecule has 0 fully saturated rings. The summed E-state index contributed by atoms with van der Waals surface area (Å²) in [7, 11) is 0. The molecule has 0 N–H and O–H groups in total. The molecule has 0 heterocycles. The Morgan fingerprint density at radius 1 is 0.263 bits per heavy atom. The lowest BCUT2D eigenvalue weighted by Gasteiger charge is -2.18. The van der Waals surface area contributed by atoms with E-state index in [9.17, 15) is 14.4 Å². The van der Waals surface area contributed by atoms with Crippen LogP contribution in [-0.2, 0) is 28.6 Å². The SMILES string of the molecule is CC/C=C\C/C=C\C/C=C\C/C=C\C/C=C\CCCC(=O)OCC(COC(=O)CCCCCCCCCCCCCC/C=C\C/C=C\C/C=C\CCCCCCC)OC(=O)CCCCCCCCC/C=C\C/C=C\CCCCCC. The van der Waals surface area contributed by atoms with Crippen molar-refractivity contribution in [2.45, 2.75) is 316 Å². The van der Waals surface area contributed by atoms with Crippen molar-refractivity contribution in [1.29, 1.82) is 0 Å². The van der Waals surface area contributed by atoms with E-state index in [-0.39, 0.29) is 37.5 Å². The summed E-state index contributed by atoms with van der Waals surface area (Å²) >= 11 is 0. The highest BCUT2D eigenvalue weighted by molar-refractivity contribution is 5.71. The van der Waals surface area contributed by atoms with E-state index in [1.165, 1.54) is 161 Å². The molecule has 80 heavy (non-hydrogen) atoms. The van der Waals surface area contributed by atoms with Crippen molar-refractivity contribution >= 4 is 17.9 Å². The number of ether oxygens (including phenoxy) is 3. The number of hydrogen-bond acceptors (Lipinski definition) is 6. The quantitative estimate of drug-likeness (QED) is 0.0261. The highest BCUT2D eigenvalue weighted by atomic mass is 16.6. The predicted molar refractivity (Wildman–Crippen MR) is 348 cm³/mol. The highest BCUT2D eigenvalue weighted by Gasteiger charge is 2.19. The van der Waals surface area contributed by atoms with E-state index in [1.54, 1.807) is 0 Å². The number of unbranched alkanes of at least 4 members (excludes halogenated alkanes) is 29. The largest absolute Gasteiger partial charge is 0.462 e. The summed E-state index contributed by atoms with van der Waals surface area (Å²) in [6, 6.07) is 0. The standard InChI is InChI=1S/C74H124O6/c1-4-7-10-13-16-19-22-25-28-31-33-34-35-36-37-38-39-40-41-44-46-49-52-55-58-61-64-67-73(76)79-70-71(69-78-72(75)66-63-60-57-54-51-48-45-42-30-27-24-21-18-15-12-9-6-3)80-74(77)68-65-62-59-56-53-50-47-43-32-29-26-23-20-17-14-11-8-5-2/h9,12,18,20-23,25,27,29-33,35-36,45,48,54,57,71H,4-8,10-11,13-17,19,24,26,28,34,37-44,46-47,49-53,55-56,58-70H2,1-3H3/b12-9-,21-18-,23-20-,25-22-,30-27-,32-29-,33-31-,36-35-,48-45-,57-54-. The molecular weight excluding hydrogens is 985 g/mol. The first-order valence-corrected chi connectivity index (χ1v) is 33.5. The minimum absolute atomic E-state index is 0.102. The van der Waals surface area contributed by atoms with Crippen LogP contribution in [0.1, 0.15) is 310 Å². The first-order valence-electron chi connectivity index (χ1n) is 33.5. The Bertz CT molecular complexity index is 1650. The maximum absolute atomic E-state index is 12.9. The van der Waals surface area contributed by atoms with Crippen molar-refractivity contribution in [2.75, 3.05) is 13.2 Å². The average molecular weight is 1110 g/mol. The van der Waals surface area contributed by atoms with Crippen LogP contribution >= 0.6 is 0 Å². The van der Waals surface area contributed by atoms with Gasteiger partial charge in [0, 0.05) is 19.3 Å². The summed E-state index contributed by atoms with van der Waals surface area (Å²) in [5.74, 6) is -0.965. The van der Waals surface area contributed by atoms with Crippen LogP contribution in [0.5, 0.6) is 0 Å². The summed E-state index contributed by atoms with van der Waals surface area (Å²) in [5.41, 5.74) is 0. The molecule has 0 aliphatic carbocycles. The number of rotatable bonds is 60. The summed E-state index contributed by atoms with van der Waals surface area (Å²) < 4.78 is 16.9. The maximum atomic E-state index is 12.9. The van der Waals surface area contributed by atoms with Crippen molar-refractivity contribution in [3.63, 3.8) is 0 Å². The number of carbonyl (C=O) groups is 3. The van der Waals surface area contributed by atoms with Gasteiger partial charge in [0.05, 0.1) is 0 Å². The second kappa shape index (κ2) is 67.3. The Hall–Kier alpha value is -4.19. The fraction of sp³-hybridized carbons (Fsp3) is 0.689. The second-order valence-corrected chi connectivity index (χ2v) is 22.0. The Morgan fingerprint density at radius 2 is 0.500 bits per heavy atom. The van der Waals surface area contributed by atoms with Crippen molar-refractivity contribution < 1.29 is 28.6 Å². The van der Waals surface area contributed by atoms with Crippen molar-refractivity contribution in [3.05, 3.63) is 122 Å². The van der Waals surface area contributed by atoms with Crippen LogP contribution in [0.2, 0.25) is 0 Å². The van der Waals surface area contributed by atoms with Crippen LogP contribution in [0, 0.1) is 0 Å².